The molecule has 1 unspecified atom stereocenters. The Morgan fingerprint density at radius 3 is 2.65 bits per heavy atom. The Labute approximate surface area is 181 Å². The minimum atomic E-state index is -0.149. The number of nitrogens with zero attached hydrogens (tertiary/aromatic N) is 3. The molecule has 1 atom stereocenters. The number of anilines is 2. The number of hydrogen-bond acceptors (Lipinski definition) is 5. The molecule has 1 N–H and O–H groups in total. The minimum Gasteiger partial charge on any atom is -0.494 e. The van der Waals surface area contributed by atoms with Gasteiger partial charge in [-0.05, 0) is 43.2 Å². The molecule has 4 rings (SSSR count). The van der Waals surface area contributed by atoms with Crippen molar-refractivity contribution in [2.45, 2.75) is 19.9 Å². The summed E-state index contributed by atoms with van der Waals surface area (Å²) in [7, 11) is 0. The molecule has 1 fully saturated rings. The van der Waals surface area contributed by atoms with E-state index in [1.807, 2.05) is 66.4 Å². The van der Waals surface area contributed by atoms with Gasteiger partial charge in [0.25, 0.3) is 5.56 Å². The van der Waals surface area contributed by atoms with E-state index in [0.717, 1.165) is 29.1 Å². The van der Waals surface area contributed by atoms with Crippen LogP contribution in [0.1, 0.15) is 18.9 Å². The lowest BCUT2D eigenvalue weighted by molar-refractivity contribution is -0.119. The van der Waals surface area contributed by atoms with Crippen molar-refractivity contribution in [2.24, 2.45) is 5.92 Å². The van der Waals surface area contributed by atoms with Crippen LogP contribution in [0.25, 0.3) is 0 Å². The molecule has 3 aromatic rings. The molecule has 31 heavy (non-hydrogen) atoms. The molecule has 1 aliphatic rings. The zero-order valence-corrected chi connectivity index (χ0v) is 17.5. The highest BCUT2D eigenvalue weighted by Gasteiger charge is 2.29. The van der Waals surface area contributed by atoms with Crippen LogP contribution in [0.3, 0.4) is 0 Å². The highest BCUT2D eigenvalue weighted by molar-refractivity contribution is 5.93. The maximum Gasteiger partial charge on any atom is 0.269 e. The molecule has 1 saturated heterocycles. The second-order valence-corrected chi connectivity index (χ2v) is 7.57. The fraction of sp³-hybridized carbons (Fsp3) is 0.292. The van der Waals surface area contributed by atoms with E-state index in [-0.39, 0.29) is 17.4 Å². The number of carbonyl (C=O) groups is 1. The molecule has 0 spiro atoms. The fourth-order valence-corrected chi connectivity index (χ4v) is 3.73. The molecule has 2 heterocycles. The second kappa shape index (κ2) is 9.47. The molecule has 0 radical (unpaired) electrons. The van der Waals surface area contributed by atoms with Crippen molar-refractivity contribution in [3.8, 4) is 5.75 Å². The van der Waals surface area contributed by atoms with Crippen molar-refractivity contribution in [1.29, 1.82) is 0 Å². The van der Waals surface area contributed by atoms with Crippen molar-refractivity contribution in [1.82, 2.24) is 9.78 Å². The van der Waals surface area contributed by atoms with Gasteiger partial charge in [0.15, 0.2) is 0 Å². The SMILES string of the molecule is CCOc1ccc(NC(=O)C2CCN(c3cnn(Cc4ccccc4)c(=O)c3)C2)cc1. The first-order valence-electron chi connectivity index (χ1n) is 10.5. The van der Waals surface area contributed by atoms with E-state index < -0.39 is 0 Å². The first-order valence-corrected chi connectivity index (χ1v) is 10.5. The first-order chi connectivity index (χ1) is 15.1. The van der Waals surface area contributed by atoms with Gasteiger partial charge in [-0.25, -0.2) is 4.68 Å². The Bertz CT molecular complexity index is 1080. The summed E-state index contributed by atoms with van der Waals surface area (Å²) in [5.74, 6) is 0.623. The van der Waals surface area contributed by atoms with E-state index in [2.05, 4.69) is 10.4 Å². The first kappa shape index (κ1) is 20.7. The molecule has 1 aliphatic heterocycles. The minimum absolute atomic E-state index is 0.0166. The summed E-state index contributed by atoms with van der Waals surface area (Å²) in [6.07, 6.45) is 2.44. The average Bonchev–Trinajstić information content (AvgIpc) is 3.28. The van der Waals surface area contributed by atoms with Crippen LogP contribution in [0.5, 0.6) is 5.75 Å². The van der Waals surface area contributed by atoms with Gasteiger partial charge in [0, 0.05) is 24.8 Å². The van der Waals surface area contributed by atoms with E-state index in [0.29, 0.717) is 26.2 Å². The molecule has 0 saturated carbocycles. The van der Waals surface area contributed by atoms with E-state index in [1.165, 1.54) is 4.68 Å². The third-order valence-electron chi connectivity index (χ3n) is 5.39. The summed E-state index contributed by atoms with van der Waals surface area (Å²) in [5, 5.41) is 7.30. The summed E-state index contributed by atoms with van der Waals surface area (Å²) in [5.41, 5.74) is 2.38. The summed E-state index contributed by atoms with van der Waals surface area (Å²) in [6.45, 7) is 4.25. The standard InChI is InChI=1S/C24H26N4O3/c1-2-31-22-10-8-20(9-11-22)26-24(30)19-12-13-27(17-19)21-14-23(29)28(25-15-21)16-18-6-4-3-5-7-18/h3-11,14-15,19H,2,12-13,16-17H2,1H3,(H,26,30). The van der Waals surface area contributed by atoms with E-state index in [4.69, 9.17) is 4.74 Å². The normalized spacial score (nSPS) is 15.6. The second-order valence-electron chi connectivity index (χ2n) is 7.57. The maximum atomic E-state index is 12.7. The van der Waals surface area contributed by atoms with Gasteiger partial charge in [-0.2, -0.15) is 5.10 Å². The lowest BCUT2D eigenvalue weighted by Crippen LogP contribution is -2.29. The van der Waals surface area contributed by atoms with Crippen molar-refractivity contribution in [3.05, 3.63) is 82.8 Å². The van der Waals surface area contributed by atoms with Gasteiger partial charge in [-0.3, -0.25) is 9.59 Å². The number of amides is 1. The predicted molar refractivity (Wildman–Crippen MR) is 121 cm³/mol. The van der Waals surface area contributed by atoms with Gasteiger partial charge in [0.2, 0.25) is 5.91 Å². The number of carbonyl (C=O) groups excluding carboxylic acids is 1. The molecule has 7 heteroatoms. The molecule has 0 aliphatic carbocycles. The Hall–Kier alpha value is -3.61. The summed E-state index contributed by atoms with van der Waals surface area (Å²) >= 11 is 0. The van der Waals surface area contributed by atoms with E-state index >= 15 is 0 Å². The van der Waals surface area contributed by atoms with Crippen LogP contribution in [0.4, 0.5) is 11.4 Å². The molecule has 0 bridgehead atoms. The smallest absolute Gasteiger partial charge is 0.269 e. The van der Waals surface area contributed by atoms with Gasteiger partial charge < -0.3 is 15.0 Å². The van der Waals surface area contributed by atoms with Gasteiger partial charge in [-0.15, -0.1) is 0 Å². The number of ether oxygens (including phenoxy) is 1. The van der Waals surface area contributed by atoms with Gasteiger partial charge in [0.1, 0.15) is 5.75 Å². The monoisotopic (exact) mass is 418 g/mol. The Morgan fingerprint density at radius 1 is 1.16 bits per heavy atom. The van der Waals surface area contributed by atoms with Crippen molar-refractivity contribution in [2.75, 3.05) is 29.9 Å². The van der Waals surface area contributed by atoms with Crippen LogP contribution >= 0.6 is 0 Å². The topological polar surface area (TPSA) is 76.5 Å². The third-order valence-corrected chi connectivity index (χ3v) is 5.39. The number of aromatic nitrogens is 2. The zero-order chi connectivity index (χ0) is 21.6. The summed E-state index contributed by atoms with van der Waals surface area (Å²) in [6, 6.07) is 18.7. The lowest BCUT2D eigenvalue weighted by Gasteiger charge is -2.18. The van der Waals surface area contributed by atoms with Crippen LogP contribution in [-0.4, -0.2) is 35.4 Å². The number of benzene rings is 2. The molecule has 160 valence electrons. The van der Waals surface area contributed by atoms with Gasteiger partial charge >= 0.3 is 0 Å². The Kier molecular flexibility index (Phi) is 6.31. The van der Waals surface area contributed by atoms with Crippen LogP contribution < -0.4 is 20.5 Å². The van der Waals surface area contributed by atoms with Gasteiger partial charge in [0.05, 0.1) is 31.0 Å². The van der Waals surface area contributed by atoms with Crippen molar-refractivity contribution in [3.63, 3.8) is 0 Å². The molecule has 1 amide bonds. The number of rotatable bonds is 7. The summed E-state index contributed by atoms with van der Waals surface area (Å²) in [4.78, 5) is 27.2. The summed E-state index contributed by atoms with van der Waals surface area (Å²) < 4.78 is 6.88. The van der Waals surface area contributed by atoms with Crippen molar-refractivity contribution < 1.29 is 9.53 Å². The number of hydrogen-bond donors (Lipinski definition) is 1. The Morgan fingerprint density at radius 2 is 1.94 bits per heavy atom. The van der Waals surface area contributed by atoms with Crippen molar-refractivity contribution >= 4 is 17.3 Å². The predicted octanol–water partition coefficient (Wildman–Crippen LogP) is 3.16. The van der Waals surface area contributed by atoms with Crippen LogP contribution in [0, 0.1) is 5.92 Å². The Balaban J connectivity index is 1.36. The fourth-order valence-electron chi connectivity index (χ4n) is 3.73. The molecule has 1 aromatic heterocycles. The highest BCUT2D eigenvalue weighted by Crippen LogP contribution is 2.24. The van der Waals surface area contributed by atoms with E-state index in [9.17, 15) is 9.59 Å². The molecular weight excluding hydrogens is 392 g/mol. The zero-order valence-electron chi connectivity index (χ0n) is 17.5. The quantitative estimate of drug-likeness (QED) is 0.638. The molecule has 7 nitrogen and oxygen atoms in total. The largest absolute Gasteiger partial charge is 0.494 e. The van der Waals surface area contributed by atoms with Gasteiger partial charge in [-0.1, -0.05) is 30.3 Å². The van der Waals surface area contributed by atoms with Crippen LogP contribution in [-0.2, 0) is 11.3 Å². The average molecular weight is 418 g/mol. The highest BCUT2D eigenvalue weighted by atomic mass is 16.5. The van der Waals surface area contributed by atoms with Crippen LogP contribution in [0.2, 0.25) is 0 Å². The molecular formula is C24H26N4O3. The molecule has 2 aromatic carbocycles. The number of nitrogens with one attached hydrogen (secondary N) is 1. The maximum absolute atomic E-state index is 12.7. The van der Waals surface area contributed by atoms with Crippen LogP contribution in [0.15, 0.2) is 71.7 Å². The lowest BCUT2D eigenvalue weighted by atomic mass is 10.1. The third kappa shape index (κ3) is 5.12. The van der Waals surface area contributed by atoms with E-state index in [1.54, 1.807) is 12.3 Å².